The van der Waals surface area contributed by atoms with Gasteiger partial charge in [-0.05, 0) is 6.07 Å². The zero-order chi connectivity index (χ0) is 8.27. The number of hydrogen-bond acceptors (Lipinski definition) is 3. The lowest BCUT2D eigenvalue weighted by molar-refractivity contribution is -0.384. The number of methoxy groups -OCH3 is 1. The third-order valence-electron chi connectivity index (χ3n) is 1.19. The minimum absolute atomic E-state index is 0.0144. The Morgan fingerprint density at radius 2 is 2.45 bits per heavy atom. The van der Waals surface area contributed by atoms with Gasteiger partial charge in [-0.15, -0.1) is 0 Å². The van der Waals surface area contributed by atoms with Gasteiger partial charge in [-0.2, -0.15) is 0 Å². The molecule has 4 nitrogen and oxygen atoms in total. The molecule has 0 N–H and O–H groups in total. The largest absolute Gasteiger partial charge is 0.496 e. The van der Waals surface area contributed by atoms with Crippen molar-refractivity contribution in [1.82, 2.24) is 0 Å². The van der Waals surface area contributed by atoms with Crippen LogP contribution in [0, 0.1) is 16.2 Å². The molecule has 57 valence electrons. The Morgan fingerprint density at radius 1 is 1.73 bits per heavy atom. The van der Waals surface area contributed by atoms with Crippen molar-refractivity contribution in [1.29, 1.82) is 0 Å². The van der Waals surface area contributed by atoms with Crippen LogP contribution >= 0.6 is 0 Å². The topological polar surface area (TPSA) is 52.4 Å². The highest BCUT2D eigenvalue weighted by molar-refractivity contribution is 5.36. The quantitative estimate of drug-likeness (QED) is 0.475. The van der Waals surface area contributed by atoms with Gasteiger partial charge in [-0.1, -0.05) is 0 Å². The SMILES string of the molecule is COc1[c]ccc([N+](=O)[O-])c1. The van der Waals surface area contributed by atoms with Gasteiger partial charge < -0.3 is 4.74 Å². The third kappa shape index (κ3) is 1.67. The Hall–Kier alpha value is -1.58. The smallest absolute Gasteiger partial charge is 0.273 e. The maximum atomic E-state index is 10.2. The van der Waals surface area contributed by atoms with E-state index in [1.807, 2.05) is 0 Å². The molecule has 0 aliphatic carbocycles. The summed E-state index contributed by atoms with van der Waals surface area (Å²) in [6.07, 6.45) is 0. The zero-order valence-electron chi connectivity index (χ0n) is 5.90. The van der Waals surface area contributed by atoms with E-state index >= 15 is 0 Å². The maximum Gasteiger partial charge on any atom is 0.273 e. The molecule has 0 fully saturated rings. The average Bonchev–Trinajstić information content (AvgIpc) is 2.05. The summed E-state index contributed by atoms with van der Waals surface area (Å²) in [6.45, 7) is 0. The Balaban J connectivity index is 3.01. The van der Waals surface area contributed by atoms with Crippen LogP contribution in [-0.4, -0.2) is 12.0 Å². The number of nitro groups is 1. The predicted molar refractivity (Wildman–Crippen MR) is 38.5 cm³/mol. The van der Waals surface area contributed by atoms with Crippen LogP contribution in [0.1, 0.15) is 0 Å². The predicted octanol–water partition coefficient (Wildman–Crippen LogP) is 1.40. The van der Waals surface area contributed by atoms with Gasteiger partial charge in [-0.25, -0.2) is 0 Å². The van der Waals surface area contributed by atoms with E-state index in [1.165, 1.54) is 25.3 Å². The molecule has 11 heavy (non-hydrogen) atoms. The van der Waals surface area contributed by atoms with Crippen LogP contribution in [0.4, 0.5) is 5.69 Å². The summed E-state index contributed by atoms with van der Waals surface area (Å²) in [5.74, 6) is 0.374. The zero-order valence-corrected chi connectivity index (χ0v) is 5.90. The molecule has 0 amide bonds. The van der Waals surface area contributed by atoms with Crippen LogP contribution in [-0.2, 0) is 0 Å². The fraction of sp³-hybridized carbons (Fsp3) is 0.143. The Kier molecular flexibility index (Phi) is 2.06. The molecular weight excluding hydrogens is 146 g/mol. The number of nitro benzene ring substituents is 1. The number of non-ortho nitro benzene ring substituents is 1. The number of benzene rings is 1. The molecule has 0 aliphatic heterocycles. The lowest BCUT2D eigenvalue weighted by atomic mass is 10.3. The summed E-state index contributed by atoms with van der Waals surface area (Å²) in [5, 5.41) is 10.2. The van der Waals surface area contributed by atoms with E-state index in [0.29, 0.717) is 5.75 Å². The van der Waals surface area contributed by atoms with Crippen LogP contribution < -0.4 is 4.74 Å². The first-order valence-corrected chi connectivity index (χ1v) is 2.94. The Bertz CT molecular complexity index is 272. The van der Waals surface area contributed by atoms with Gasteiger partial charge >= 0.3 is 0 Å². The molecule has 0 heterocycles. The van der Waals surface area contributed by atoms with Gasteiger partial charge in [-0.3, -0.25) is 10.1 Å². The summed E-state index contributed by atoms with van der Waals surface area (Å²) >= 11 is 0. The van der Waals surface area contributed by atoms with E-state index in [9.17, 15) is 10.1 Å². The molecule has 1 aromatic carbocycles. The van der Waals surface area contributed by atoms with Crippen molar-refractivity contribution in [2.24, 2.45) is 0 Å². The van der Waals surface area contributed by atoms with E-state index in [4.69, 9.17) is 4.74 Å². The van der Waals surface area contributed by atoms with Crippen LogP contribution in [0.2, 0.25) is 0 Å². The number of ether oxygens (including phenoxy) is 1. The minimum atomic E-state index is -0.476. The first-order chi connectivity index (χ1) is 5.24. The molecule has 0 aliphatic rings. The van der Waals surface area contributed by atoms with E-state index < -0.39 is 4.92 Å². The van der Waals surface area contributed by atoms with Gasteiger partial charge in [0.1, 0.15) is 5.75 Å². The molecule has 0 saturated carbocycles. The van der Waals surface area contributed by atoms with Crippen molar-refractivity contribution in [2.75, 3.05) is 7.11 Å². The van der Waals surface area contributed by atoms with Crippen LogP contribution in [0.3, 0.4) is 0 Å². The van der Waals surface area contributed by atoms with Crippen molar-refractivity contribution < 1.29 is 9.66 Å². The summed E-state index contributed by atoms with van der Waals surface area (Å²) in [6, 6.07) is 6.83. The van der Waals surface area contributed by atoms with Crippen LogP contribution in [0.5, 0.6) is 5.75 Å². The molecule has 0 spiro atoms. The first kappa shape index (κ1) is 7.53. The van der Waals surface area contributed by atoms with Gasteiger partial charge in [0, 0.05) is 12.1 Å². The second-order valence-electron chi connectivity index (χ2n) is 1.87. The highest BCUT2D eigenvalue weighted by atomic mass is 16.6. The lowest BCUT2D eigenvalue weighted by Gasteiger charge is -1.96. The number of rotatable bonds is 2. The van der Waals surface area contributed by atoms with Crippen molar-refractivity contribution >= 4 is 5.69 Å². The molecule has 0 bridgehead atoms. The molecular formula is C7H6NO3. The van der Waals surface area contributed by atoms with Crippen molar-refractivity contribution in [2.45, 2.75) is 0 Å². The normalized spacial score (nSPS) is 9.18. The van der Waals surface area contributed by atoms with E-state index in [1.54, 1.807) is 0 Å². The van der Waals surface area contributed by atoms with Gasteiger partial charge in [0.15, 0.2) is 0 Å². The second-order valence-corrected chi connectivity index (χ2v) is 1.87. The average molecular weight is 152 g/mol. The number of hydrogen-bond donors (Lipinski definition) is 0. The minimum Gasteiger partial charge on any atom is -0.496 e. The standard InChI is InChI=1S/C7H6NO3/c1-11-7-4-2-3-6(5-7)8(9)10/h2-3,5H,1H3. The van der Waals surface area contributed by atoms with E-state index in [0.717, 1.165) is 0 Å². The van der Waals surface area contributed by atoms with Crippen molar-refractivity contribution in [3.63, 3.8) is 0 Å². The van der Waals surface area contributed by atoms with E-state index in [-0.39, 0.29) is 5.69 Å². The first-order valence-electron chi connectivity index (χ1n) is 2.94. The molecule has 0 aromatic heterocycles. The van der Waals surface area contributed by atoms with Crippen molar-refractivity contribution in [3.8, 4) is 5.75 Å². The van der Waals surface area contributed by atoms with E-state index in [2.05, 4.69) is 6.07 Å². The summed E-state index contributed by atoms with van der Waals surface area (Å²) in [7, 11) is 1.44. The molecule has 0 unspecified atom stereocenters. The maximum absolute atomic E-state index is 10.2. The summed E-state index contributed by atoms with van der Waals surface area (Å²) < 4.78 is 4.74. The Labute approximate surface area is 63.6 Å². The second kappa shape index (κ2) is 3.01. The highest BCUT2D eigenvalue weighted by Crippen LogP contribution is 2.17. The van der Waals surface area contributed by atoms with Gasteiger partial charge in [0.2, 0.25) is 0 Å². The van der Waals surface area contributed by atoms with Gasteiger partial charge in [0.05, 0.1) is 18.1 Å². The highest BCUT2D eigenvalue weighted by Gasteiger charge is 2.04. The molecule has 1 rings (SSSR count). The lowest BCUT2D eigenvalue weighted by Crippen LogP contribution is -1.88. The van der Waals surface area contributed by atoms with Crippen LogP contribution in [0.25, 0.3) is 0 Å². The molecule has 0 saturated heterocycles. The number of nitrogens with zero attached hydrogens (tertiary/aromatic N) is 1. The monoisotopic (exact) mass is 152 g/mol. The van der Waals surface area contributed by atoms with Gasteiger partial charge in [0.25, 0.3) is 5.69 Å². The Morgan fingerprint density at radius 3 is 3.00 bits per heavy atom. The summed E-state index contributed by atoms with van der Waals surface area (Å²) in [4.78, 5) is 9.73. The summed E-state index contributed by atoms with van der Waals surface area (Å²) in [5.41, 5.74) is 0.0144. The molecule has 1 aromatic rings. The fourth-order valence-corrected chi connectivity index (χ4v) is 0.665. The van der Waals surface area contributed by atoms with Crippen LogP contribution in [0.15, 0.2) is 18.2 Å². The molecule has 0 atom stereocenters. The molecule has 4 heteroatoms. The fourth-order valence-electron chi connectivity index (χ4n) is 0.665. The third-order valence-corrected chi connectivity index (χ3v) is 1.19. The van der Waals surface area contributed by atoms with Crippen molar-refractivity contribution in [3.05, 3.63) is 34.4 Å². The molecule has 1 radical (unpaired) electrons.